The van der Waals surface area contributed by atoms with Gasteiger partial charge in [-0.25, -0.2) is 4.98 Å². The number of ether oxygens (including phenoxy) is 1. The molecule has 0 atom stereocenters. The molecule has 0 amide bonds. The van der Waals surface area contributed by atoms with Crippen molar-refractivity contribution < 1.29 is 4.74 Å². The van der Waals surface area contributed by atoms with Crippen LogP contribution in [0.15, 0.2) is 42.5 Å². The first kappa shape index (κ1) is 11.0. The Labute approximate surface area is 109 Å². The number of methoxy groups -OCH3 is 1. The lowest BCUT2D eigenvalue weighted by Crippen LogP contribution is -1.86. The summed E-state index contributed by atoms with van der Waals surface area (Å²) in [5.74, 6) is 0.818. The number of nitrogen functional groups attached to an aromatic ring is 1. The number of nitrogens with zero attached hydrogens (tertiary/aromatic N) is 1. The first-order valence-corrected chi connectivity index (χ1v) is 6.39. The van der Waals surface area contributed by atoms with Gasteiger partial charge in [0.2, 0.25) is 0 Å². The molecule has 1 aromatic heterocycles. The smallest absolute Gasteiger partial charge is 0.181 e. The van der Waals surface area contributed by atoms with Gasteiger partial charge >= 0.3 is 0 Å². The lowest BCUT2D eigenvalue weighted by atomic mass is 10.0. The maximum atomic E-state index is 5.81. The molecule has 0 radical (unpaired) electrons. The lowest BCUT2D eigenvalue weighted by molar-refractivity contribution is 0.420. The molecule has 2 N–H and O–H groups in total. The van der Waals surface area contributed by atoms with E-state index in [4.69, 9.17) is 10.5 Å². The molecule has 3 nitrogen and oxygen atoms in total. The quantitative estimate of drug-likeness (QED) is 0.762. The van der Waals surface area contributed by atoms with Crippen molar-refractivity contribution in [2.45, 2.75) is 0 Å². The van der Waals surface area contributed by atoms with E-state index in [-0.39, 0.29) is 0 Å². The van der Waals surface area contributed by atoms with Gasteiger partial charge in [0, 0.05) is 5.56 Å². The normalized spacial score (nSPS) is 10.7. The van der Waals surface area contributed by atoms with E-state index in [0.29, 0.717) is 5.13 Å². The highest BCUT2D eigenvalue weighted by Gasteiger charge is 2.12. The Morgan fingerprint density at radius 1 is 1.11 bits per heavy atom. The van der Waals surface area contributed by atoms with E-state index < -0.39 is 0 Å². The Kier molecular flexibility index (Phi) is 2.64. The highest BCUT2D eigenvalue weighted by atomic mass is 32.1. The number of rotatable bonds is 2. The molecule has 0 aliphatic heterocycles. The summed E-state index contributed by atoms with van der Waals surface area (Å²) < 4.78 is 6.34. The Bertz CT molecular complexity index is 692. The van der Waals surface area contributed by atoms with Crippen LogP contribution < -0.4 is 10.5 Å². The summed E-state index contributed by atoms with van der Waals surface area (Å²) in [5.41, 5.74) is 8.94. The largest absolute Gasteiger partial charge is 0.495 e. The van der Waals surface area contributed by atoms with Crippen LogP contribution in [0.4, 0.5) is 5.13 Å². The predicted molar refractivity (Wildman–Crippen MR) is 76.0 cm³/mol. The van der Waals surface area contributed by atoms with Gasteiger partial charge in [0.1, 0.15) is 5.75 Å². The summed E-state index contributed by atoms with van der Waals surface area (Å²) in [4.78, 5) is 4.41. The van der Waals surface area contributed by atoms with E-state index in [9.17, 15) is 0 Å². The molecule has 0 aliphatic carbocycles. The van der Waals surface area contributed by atoms with Crippen LogP contribution in [0, 0.1) is 0 Å². The zero-order valence-corrected chi connectivity index (χ0v) is 10.7. The molecule has 3 rings (SSSR count). The van der Waals surface area contributed by atoms with Gasteiger partial charge in [-0.2, -0.15) is 0 Å². The third-order valence-electron chi connectivity index (χ3n) is 2.83. The van der Waals surface area contributed by atoms with Crippen LogP contribution in [0.25, 0.3) is 21.3 Å². The average molecular weight is 256 g/mol. The second-order valence-electron chi connectivity index (χ2n) is 3.91. The third-order valence-corrected chi connectivity index (χ3v) is 3.73. The molecule has 4 heteroatoms. The second-order valence-corrected chi connectivity index (χ2v) is 4.94. The molecular formula is C14H12N2OS. The molecule has 18 heavy (non-hydrogen) atoms. The highest BCUT2D eigenvalue weighted by molar-refractivity contribution is 7.22. The van der Waals surface area contributed by atoms with Crippen LogP contribution in [-0.2, 0) is 0 Å². The zero-order chi connectivity index (χ0) is 12.5. The molecule has 1 heterocycles. The van der Waals surface area contributed by atoms with Gasteiger partial charge in [0.25, 0.3) is 0 Å². The number of hydrogen-bond donors (Lipinski definition) is 1. The van der Waals surface area contributed by atoms with E-state index in [1.54, 1.807) is 7.11 Å². The van der Waals surface area contributed by atoms with Crippen molar-refractivity contribution in [2.24, 2.45) is 0 Å². The van der Waals surface area contributed by atoms with Crippen LogP contribution in [0.3, 0.4) is 0 Å². The fourth-order valence-corrected chi connectivity index (χ4v) is 2.86. The van der Waals surface area contributed by atoms with Crippen molar-refractivity contribution in [3.05, 3.63) is 42.5 Å². The summed E-state index contributed by atoms with van der Waals surface area (Å²) >= 11 is 1.45. The highest BCUT2D eigenvalue weighted by Crippen LogP contribution is 2.38. The number of fused-ring (bicyclic) bond motifs is 1. The van der Waals surface area contributed by atoms with Crippen molar-refractivity contribution in [3.63, 3.8) is 0 Å². The minimum Gasteiger partial charge on any atom is -0.495 e. The standard InChI is InChI=1S/C14H12N2OS/c1-17-11-8-7-10(9-5-3-2-4-6-9)12-13(11)18-14(15)16-12/h2-8H,1H3,(H2,15,16). The number of benzene rings is 2. The van der Waals surface area contributed by atoms with Crippen molar-refractivity contribution in [2.75, 3.05) is 12.8 Å². The molecule has 0 saturated heterocycles. The molecular weight excluding hydrogens is 244 g/mol. The van der Waals surface area contributed by atoms with Crippen LogP contribution in [0.5, 0.6) is 5.75 Å². The predicted octanol–water partition coefficient (Wildman–Crippen LogP) is 3.55. The zero-order valence-electron chi connectivity index (χ0n) is 9.88. The van der Waals surface area contributed by atoms with Crippen LogP contribution >= 0.6 is 11.3 Å². The second kappa shape index (κ2) is 4.31. The van der Waals surface area contributed by atoms with Crippen molar-refractivity contribution in [1.82, 2.24) is 4.98 Å². The molecule has 0 fully saturated rings. The molecule has 0 saturated carbocycles. The van der Waals surface area contributed by atoms with E-state index >= 15 is 0 Å². The summed E-state index contributed by atoms with van der Waals surface area (Å²) in [7, 11) is 1.66. The molecule has 0 aliphatic rings. The summed E-state index contributed by atoms with van der Waals surface area (Å²) in [6, 6.07) is 14.1. The van der Waals surface area contributed by atoms with Gasteiger partial charge in [0.05, 0.1) is 17.3 Å². The minimum absolute atomic E-state index is 0.562. The summed E-state index contributed by atoms with van der Waals surface area (Å²) in [5, 5.41) is 0.562. The number of hydrogen-bond acceptors (Lipinski definition) is 4. The maximum Gasteiger partial charge on any atom is 0.181 e. The molecule has 90 valence electrons. The van der Waals surface area contributed by atoms with Gasteiger partial charge in [-0.1, -0.05) is 41.7 Å². The van der Waals surface area contributed by atoms with Crippen LogP contribution in [0.2, 0.25) is 0 Å². The van der Waals surface area contributed by atoms with Gasteiger partial charge in [-0.15, -0.1) is 0 Å². The first-order chi connectivity index (χ1) is 8.79. The number of aromatic nitrogens is 1. The summed E-state index contributed by atoms with van der Waals surface area (Å²) in [6.45, 7) is 0. The fourth-order valence-electron chi connectivity index (χ4n) is 2.01. The Balaban J connectivity index is 2.31. The van der Waals surface area contributed by atoms with Crippen LogP contribution in [-0.4, -0.2) is 12.1 Å². The Morgan fingerprint density at radius 2 is 1.89 bits per heavy atom. The Hall–Kier alpha value is -2.07. The minimum atomic E-state index is 0.562. The third kappa shape index (κ3) is 1.71. The lowest BCUT2D eigenvalue weighted by Gasteiger charge is -2.05. The van der Waals surface area contributed by atoms with Gasteiger partial charge in [-0.3, -0.25) is 0 Å². The van der Waals surface area contributed by atoms with E-state index in [2.05, 4.69) is 17.1 Å². The van der Waals surface area contributed by atoms with Crippen LogP contribution in [0.1, 0.15) is 0 Å². The molecule has 3 aromatic rings. The van der Waals surface area contributed by atoms with E-state index in [1.807, 2.05) is 30.3 Å². The SMILES string of the molecule is COc1ccc(-c2ccccc2)c2nc(N)sc12. The fraction of sp³-hybridized carbons (Fsp3) is 0.0714. The van der Waals surface area contributed by atoms with E-state index in [0.717, 1.165) is 27.1 Å². The van der Waals surface area contributed by atoms with Crippen molar-refractivity contribution in [3.8, 4) is 16.9 Å². The number of nitrogens with two attached hydrogens (primary N) is 1. The van der Waals surface area contributed by atoms with E-state index in [1.165, 1.54) is 11.3 Å². The molecule has 0 spiro atoms. The average Bonchev–Trinajstić information content (AvgIpc) is 2.80. The summed E-state index contributed by atoms with van der Waals surface area (Å²) in [6.07, 6.45) is 0. The van der Waals surface area contributed by atoms with Gasteiger partial charge in [0.15, 0.2) is 5.13 Å². The van der Waals surface area contributed by atoms with Gasteiger partial charge in [-0.05, 0) is 17.7 Å². The molecule has 0 unspecified atom stereocenters. The van der Waals surface area contributed by atoms with Crippen molar-refractivity contribution in [1.29, 1.82) is 0 Å². The molecule has 0 bridgehead atoms. The topological polar surface area (TPSA) is 48.1 Å². The first-order valence-electron chi connectivity index (χ1n) is 5.58. The van der Waals surface area contributed by atoms with Gasteiger partial charge < -0.3 is 10.5 Å². The molecule has 2 aromatic carbocycles. The number of thiazole rings is 1. The maximum absolute atomic E-state index is 5.81. The number of anilines is 1. The monoisotopic (exact) mass is 256 g/mol. The Morgan fingerprint density at radius 3 is 2.61 bits per heavy atom. The van der Waals surface area contributed by atoms with Crippen molar-refractivity contribution >= 4 is 26.7 Å².